The van der Waals surface area contributed by atoms with E-state index in [1.54, 1.807) is 12.1 Å². The number of benzene rings is 3. The summed E-state index contributed by atoms with van der Waals surface area (Å²) in [4.78, 5) is 15.0. The van der Waals surface area contributed by atoms with Gasteiger partial charge in [0.2, 0.25) is 15.9 Å². The fourth-order valence-corrected chi connectivity index (χ4v) is 6.64. The van der Waals surface area contributed by atoms with Gasteiger partial charge >= 0.3 is 0 Å². The van der Waals surface area contributed by atoms with Crippen LogP contribution in [0.1, 0.15) is 48.4 Å². The number of nitrogens with one attached hydrogen (secondary N) is 2. The number of nitrogens with zero attached hydrogens (tertiary/aromatic N) is 1. The van der Waals surface area contributed by atoms with Gasteiger partial charge in [-0.3, -0.25) is 4.79 Å². The molecular formula is C28H31N3O3S. The monoisotopic (exact) mass is 489 g/mol. The van der Waals surface area contributed by atoms with Gasteiger partial charge in [-0.2, -0.15) is 0 Å². The zero-order valence-electron chi connectivity index (χ0n) is 19.7. The van der Waals surface area contributed by atoms with Crippen LogP contribution in [0, 0.1) is 0 Å². The van der Waals surface area contributed by atoms with Crippen molar-refractivity contribution in [3.05, 3.63) is 89.5 Å². The summed E-state index contributed by atoms with van der Waals surface area (Å²) in [5, 5.41) is 2.89. The molecule has 35 heavy (non-hydrogen) atoms. The van der Waals surface area contributed by atoms with Gasteiger partial charge in [-0.1, -0.05) is 54.6 Å². The molecule has 1 heterocycles. The number of hydrogen-bond donors (Lipinski definition) is 2. The fourth-order valence-electron chi connectivity index (χ4n) is 5.14. The molecule has 1 saturated heterocycles. The summed E-state index contributed by atoms with van der Waals surface area (Å²) in [7, 11) is -3.83. The first kappa shape index (κ1) is 23.6. The zero-order chi connectivity index (χ0) is 24.3. The highest BCUT2D eigenvalue weighted by Gasteiger charge is 2.29. The maximum Gasteiger partial charge on any atom is 0.243 e. The summed E-state index contributed by atoms with van der Waals surface area (Å²) < 4.78 is 30.5. The first-order chi connectivity index (χ1) is 17.0. The van der Waals surface area contributed by atoms with Crippen LogP contribution in [0.4, 0.5) is 11.4 Å². The van der Waals surface area contributed by atoms with Crippen LogP contribution < -0.4 is 14.9 Å². The molecule has 1 aliphatic heterocycles. The first-order valence-electron chi connectivity index (χ1n) is 12.3. The van der Waals surface area contributed by atoms with Gasteiger partial charge in [0.25, 0.3) is 0 Å². The van der Waals surface area contributed by atoms with Gasteiger partial charge < -0.3 is 10.2 Å². The molecule has 7 heteroatoms. The lowest BCUT2D eigenvalue weighted by Gasteiger charge is -2.28. The molecule has 1 atom stereocenters. The number of rotatable bonds is 7. The van der Waals surface area contributed by atoms with E-state index in [0.29, 0.717) is 11.4 Å². The summed E-state index contributed by atoms with van der Waals surface area (Å²) in [6, 6.07) is 22.5. The number of carbonyl (C=O) groups excluding carboxylic acids is 1. The molecule has 5 rings (SSSR count). The van der Waals surface area contributed by atoms with Gasteiger partial charge in [0.1, 0.15) is 4.90 Å². The SMILES string of the molecule is O=C(Cc1ccccc1)Nc1ccc(N2CCCC2)c(S(=O)(=O)NC2CCCc3ccccc32)c1. The number of amides is 1. The van der Waals surface area contributed by atoms with Crippen LogP contribution >= 0.6 is 0 Å². The van der Waals surface area contributed by atoms with E-state index >= 15 is 0 Å². The Morgan fingerprint density at radius 2 is 1.66 bits per heavy atom. The molecule has 0 spiro atoms. The van der Waals surface area contributed by atoms with Crippen molar-refractivity contribution < 1.29 is 13.2 Å². The predicted molar refractivity (Wildman–Crippen MR) is 139 cm³/mol. The van der Waals surface area contributed by atoms with Crippen molar-refractivity contribution in [2.45, 2.75) is 49.5 Å². The molecule has 1 fully saturated rings. The van der Waals surface area contributed by atoms with Gasteiger partial charge in [0, 0.05) is 24.8 Å². The van der Waals surface area contributed by atoms with Gasteiger partial charge in [0.15, 0.2) is 0 Å². The Labute approximate surface area is 207 Å². The summed E-state index contributed by atoms with van der Waals surface area (Å²) in [5.74, 6) is -0.178. The predicted octanol–water partition coefficient (Wildman–Crippen LogP) is 4.82. The van der Waals surface area contributed by atoms with Crippen LogP contribution in [0.25, 0.3) is 0 Å². The third-order valence-corrected chi connectivity index (χ3v) is 8.36. The minimum atomic E-state index is -3.83. The molecule has 2 N–H and O–H groups in total. The quantitative estimate of drug-likeness (QED) is 0.499. The van der Waals surface area contributed by atoms with E-state index < -0.39 is 10.0 Å². The Morgan fingerprint density at radius 3 is 2.46 bits per heavy atom. The molecule has 182 valence electrons. The molecule has 1 amide bonds. The Hall–Kier alpha value is -3.16. The fraction of sp³-hybridized carbons (Fsp3) is 0.321. The summed E-state index contributed by atoms with van der Waals surface area (Å²) in [5.41, 5.74) is 4.34. The third kappa shape index (κ3) is 5.41. The van der Waals surface area contributed by atoms with Gasteiger partial charge in [-0.15, -0.1) is 0 Å². The van der Waals surface area contributed by atoms with Crippen molar-refractivity contribution in [3.63, 3.8) is 0 Å². The van der Waals surface area contributed by atoms with Crippen LogP contribution in [-0.4, -0.2) is 27.4 Å². The van der Waals surface area contributed by atoms with Crippen LogP contribution in [-0.2, 0) is 27.7 Å². The lowest BCUT2D eigenvalue weighted by atomic mass is 9.88. The van der Waals surface area contributed by atoms with Crippen molar-refractivity contribution in [2.75, 3.05) is 23.3 Å². The maximum atomic E-state index is 13.8. The number of anilines is 2. The molecular weight excluding hydrogens is 458 g/mol. The van der Waals surface area contributed by atoms with E-state index in [0.717, 1.165) is 56.3 Å². The third-order valence-electron chi connectivity index (χ3n) is 6.85. The number of fused-ring (bicyclic) bond motifs is 1. The Bertz CT molecular complexity index is 1300. The van der Waals surface area contributed by atoms with Crippen molar-refractivity contribution in [1.82, 2.24) is 4.72 Å². The maximum absolute atomic E-state index is 13.8. The molecule has 1 unspecified atom stereocenters. The smallest absolute Gasteiger partial charge is 0.243 e. The Morgan fingerprint density at radius 1 is 0.914 bits per heavy atom. The van der Waals surface area contributed by atoms with Crippen molar-refractivity contribution >= 4 is 27.3 Å². The molecule has 2 aliphatic rings. The summed E-state index contributed by atoms with van der Waals surface area (Å²) >= 11 is 0. The number of carbonyl (C=O) groups is 1. The molecule has 0 radical (unpaired) electrons. The summed E-state index contributed by atoms with van der Waals surface area (Å²) in [6.07, 6.45) is 4.99. The van der Waals surface area contributed by atoms with Gasteiger partial charge in [-0.25, -0.2) is 13.1 Å². The standard InChI is InChI=1S/C28H31N3O3S/c32-28(19-21-9-2-1-3-10-21)29-23-15-16-26(31-17-6-7-18-31)27(20-23)35(33,34)30-25-14-8-12-22-11-4-5-13-24(22)25/h1-5,9-11,13,15-16,20,25,30H,6-8,12,14,17-19H2,(H,29,32). The van der Waals surface area contributed by atoms with Gasteiger partial charge in [-0.05, 0) is 67.0 Å². The second-order valence-electron chi connectivity index (χ2n) is 9.35. The molecule has 3 aromatic rings. The molecule has 1 aliphatic carbocycles. The highest BCUT2D eigenvalue weighted by molar-refractivity contribution is 7.89. The van der Waals surface area contributed by atoms with Crippen LogP contribution in [0.3, 0.4) is 0 Å². The van der Waals surface area contributed by atoms with Crippen LogP contribution in [0.5, 0.6) is 0 Å². The van der Waals surface area contributed by atoms with Crippen LogP contribution in [0.2, 0.25) is 0 Å². The second-order valence-corrected chi connectivity index (χ2v) is 11.0. The number of hydrogen-bond acceptors (Lipinski definition) is 4. The van der Waals surface area contributed by atoms with E-state index in [1.165, 1.54) is 5.56 Å². The Kier molecular flexibility index (Phi) is 6.88. The minimum absolute atomic E-state index is 0.178. The average Bonchev–Trinajstić information content (AvgIpc) is 3.40. The normalized spacial score (nSPS) is 17.7. The lowest BCUT2D eigenvalue weighted by molar-refractivity contribution is -0.115. The lowest BCUT2D eigenvalue weighted by Crippen LogP contribution is -2.32. The van der Waals surface area contributed by atoms with Crippen molar-refractivity contribution in [1.29, 1.82) is 0 Å². The van der Waals surface area contributed by atoms with E-state index in [-0.39, 0.29) is 23.3 Å². The topological polar surface area (TPSA) is 78.5 Å². The van der Waals surface area contributed by atoms with Crippen LogP contribution in [0.15, 0.2) is 77.7 Å². The summed E-state index contributed by atoms with van der Waals surface area (Å²) in [6.45, 7) is 1.66. The average molecular weight is 490 g/mol. The largest absolute Gasteiger partial charge is 0.370 e. The molecule has 6 nitrogen and oxygen atoms in total. The van der Waals surface area contributed by atoms with E-state index in [4.69, 9.17) is 0 Å². The number of sulfonamides is 1. The van der Waals surface area contributed by atoms with Crippen molar-refractivity contribution in [3.8, 4) is 0 Å². The minimum Gasteiger partial charge on any atom is -0.370 e. The van der Waals surface area contributed by atoms with E-state index in [9.17, 15) is 13.2 Å². The number of aryl methyl sites for hydroxylation is 1. The highest BCUT2D eigenvalue weighted by atomic mass is 32.2. The highest BCUT2D eigenvalue weighted by Crippen LogP contribution is 2.35. The van der Waals surface area contributed by atoms with E-state index in [2.05, 4.69) is 21.0 Å². The van der Waals surface area contributed by atoms with E-state index in [1.807, 2.05) is 54.6 Å². The Balaban J connectivity index is 1.43. The zero-order valence-corrected chi connectivity index (χ0v) is 20.6. The molecule has 3 aromatic carbocycles. The molecule has 0 saturated carbocycles. The molecule has 0 aromatic heterocycles. The van der Waals surface area contributed by atoms with Crippen molar-refractivity contribution in [2.24, 2.45) is 0 Å². The van der Waals surface area contributed by atoms with Gasteiger partial charge in [0.05, 0.1) is 12.1 Å². The first-order valence-corrected chi connectivity index (χ1v) is 13.8. The molecule has 0 bridgehead atoms. The second kappa shape index (κ2) is 10.2.